The number of hydrogen-bond donors (Lipinski definition) is 1. The Labute approximate surface area is 112 Å². The monoisotopic (exact) mass is 310 g/mol. The molecule has 3 nitrogen and oxygen atoms in total. The molecule has 1 aromatic heterocycles. The van der Waals surface area contributed by atoms with Gasteiger partial charge in [-0.05, 0) is 37.6 Å². The Bertz CT molecular complexity index is 565. The van der Waals surface area contributed by atoms with Gasteiger partial charge < -0.3 is 0 Å². The number of hydrogen-bond acceptors (Lipinski definition) is 3. The largest absolute Gasteiger partial charge is 0.298 e. The molecular formula is C12H11BrN2OS. The normalized spacial score (nSPS) is 10.3. The van der Waals surface area contributed by atoms with E-state index in [0.717, 1.165) is 14.9 Å². The Morgan fingerprint density at radius 3 is 2.76 bits per heavy atom. The van der Waals surface area contributed by atoms with E-state index in [9.17, 15) is 4.79 Å². The van der Waals surface area contributed by atoms with E-state index in [0.29, 0.717) is 10.7 Å². The van der Waals surface area contributed by atoms with Crippen LogP contribution < -0.4 is 5.32 Å². The molecule has 2 aromatic rings. The van der Waals surface area contributed by atoms with Crippen LogP contribution in [0.5, 0.6) is 0 Å². The molecule has 1 N–H and O–H groups in total. The first kappa shape index (κ1) is 12.3. The van der Waals surface area contributed by atoms with E-state index in [1.165, 1.54) is 11.3 Å². The summed E-state index contributed by atoms with van der Waals surface area (Å²) < 4.78 is 0.999. The number of halogens is 1. The zero-order valence-electron chi connectivity index (χ0n) is 9.45. The molecular weight excluding hydrogens is 300 g/mol. The van der Waals surface area contributed by atoms with Crippen LogP contribution in [-0.4, -0.2) is 10.9 Å². The van der Waals surface area contributed by atoms with E-state index >= 15 is 0 Å². The summed E-state index contributed by atoms with van der Waals surface area (Å²) in [5, 5.41) is 3.41. The minimum absolute atomic E-state index is 0.130. The van der Waals surface area contributed by atoms with Gasteiger partial charge in [0.15, 0.2) is 5.13 Å². The number of carbonyl (C=O) groups excluding carboxylic acids is 1. The Hall–Kier alpha value is -1.20. The Morgan fingerprint density at radius 1 is 1.41 bits per heavy atom. The van der Waals surface area contributed by atoms with E-state index in [2.05, 4.69) is 26.2 Å². The number of amides is 1. The lowest BCUT2D eigenvalue weighted by Gasteiger charge is -2.04. The van der Waals surface area contributed by atoms with Crippen molar-refractivity contribution in [3.05, 3.63) is 44.9 Å². The minimum atomic E-state index is -0.130. The first-order chi connectivity index (χ1) is 8.06. The fourth-order valence-corrected chi connectivity index (χ4v) is 2.27. The Morgan fingerprint density at radius 2 is 2.18 bits per heavy atom. The summed E-state index contributed by atoms with van der Waals surface area (Å²) in [6, 6.07) is 5.50. The zero-order chi connectivity index (χ0) is 12.4. The van der Waals surface area contributed by atoms with E-state index < -0.39 is 0 Å². The standard InChI is InChI=1S/C12H11BrN2OS/c1-7-5-9(3-4-10(7)13)11(16)15-12-14-6-8(2)17-12/h3-6H,1-2H3,(H,14,15,16). The number of anilines is 1. The maximum absolute atomic E-state index is 11.9. The van der Waals surface area contributed by atoms with Crippen LogP contribution in [0.25, 0.3) is 0 Å². The smallest absolute Gasteiger partial charge is 0.257 e. The van der Waals surface area contributed by atoms with E-state index in [1.807, 2.05) is 26.0 Å². The van der Waals surface area contributed by atoms with Gasteiger partial charge in [-0.15, -0.1) is 11.3 Å². The van der Waals surface area contributed by atoms with Gasteiger partial charge in [0, 0.05) is 21.1 Å². The van der Waals surface area contributed by atoms with Crippen LogP contribution in [0.3, 0.4) is 0 Å². The first-order valence-corrected chi connectivity index (χ1v) is 6.67. The molecule has 17 heavy (non-hydrogen) atoms. The lowest BCUT2D eigenvalue weighted by Crippen LogP contribution is -2.11. The van der Waals surface area contributed by atoms with Gasteiger partial charge in [-0.2, -0.15) is 0 Å². The Balaban J connectivity index is 2.17. The van der Waals surface area contributed by atoms with Gasteiger partial charge in [0.05, 0.1) is 0 Å². The summed E-state index contributed by atoms with van der Waals surface area (Å²) in [7, 11) is 0. The number of nitrogens with one attached hydrogen (secondary N) is 1. The van der Waals surface area contributed by atoms with Gasteiger partial charge in [-0.25, -0.2) is 4.98 Å². The SMILES string of the molecule is Cc1cnc(NC(=O)c2ccc(Br)c(C)c2)s1. The molecule has 0 fully saturated rings. The van der Waals surface area contributed by atoms with Gasteiger partial charge >= 0.3 is 0 Å². The minimum Gasteiger partial charge on any atom is -0.298 e. The van der Waals surface area contributed by atoms with Crippen molar-refractivity contribution in [3.8, 4) is 0 Å². The third kappa shape index (κ3) is 2.92. The summed E-state index contributed by atoms with van der Waals surface area (Å²) in [5.74, 6) is -0.130. The topological polar surface area (TPSA) is 42.0 Å². The molecule has 0 saturated heterocycles. The molecule has 0 bridgehead atoms. The number of benzene rings is 1. The number of rotatable bonds is 2. The fourth-order valence-electron chi connectivity index (χ4n) is 1.37. The molecule has 0 aliphatic rings. The Kier molecular flexibility index (Phi) is 3.59. The van der Waals surface area contributed by atoms with E-state index in [4.69, 9.17) is 0 Å². The fraction of sp³-hybridized carbons (Fsp3) is 0.167. The molecule has 88 valence electrons. The highest BCUT2D eigenvalue weighted by molar-refractivity contribution is 9.10. The average molecular weight is 311 g/mol. The maximum atomic E-state index is 11.9. The molecule has 1 heterocycles. The van der Waals surface area contributed by atoms with Crippen LogP contribution in [0.4, 0.5) is 5.13 Å². The summed E-state index contributed by atoms with van der Waals surface area (Å²) in [6.07, 6.45) is 1.74. The van der Waals surface area contributed by atoms with Gasteiger partial charge in [-0.3, -0.25) is 10.1 Å². The lowest BCUT2D eigenvalue weighted by molar-refractivity contribution is 0.102. The molecule has 0 unspecified atom stereocenters. The average Bonchev–Trinajstić information content (AvgIpc) is 2.68. The molecule has 0 saturated carbocycles. The molecule has 2 rings (SSSR count). The molecule has 0 spiro atoms. The van der Waals surface area contributed by atoms with Crippen molar-refractivity contribution in [3.63, 3.8) is 0 Å². The zero-order valence-corrected chi connectivity index (χ0v) is 11.9. The van der Waals surface area contributed by atoms with Crippen LogP contribution in [0.2, 0.25) is 0 Å². The van der Waals surface area contributed by atoms with Crippen molar-refractivity contribution in [1.29, 1.82) is 0 Å². The second kappa shape index (κ2) is 4.98. The van der Waals surface area contributed by atoms with Crippen molar-refractivity contribution in [2.24, 2.45) is 0 Å². The van der Waals surface area contributed by atoms with E-state index in [-0.39, 0.29) is 5.91 Å². The predicted molar refractivity (Wildman–Crippen MR) is 73.7 cm³/mol. The van der Waals surface area contributed by atoms with Crippen LogP contribution >= 0.6 is 27.3 Å². The molecule has 0 atom stereocenters. The number of nitrogens with zero attached hydrogens (tertiary/aromatic N) is 1. The van der Waals surface area contributed by atoms with Crippen LogP contribution in [-0.2, 0) is 0 Å². The van der Waals surface area contributed by atoms with Crippen LogP contribution in [0.15, 0.2) is 28.9 Å². The van der Waals surface area contributed by atoms with Crippen molar-refractivity contribution in [2.75, 3.05) is 5.32 Å². The van der Waals surface area contributed by atoms with Crippen molar-refractivity contribution in [1.82, 2.24) is 4.98 Å². The highest BCUT2D eigenvalue weighted by Gasteiger charge is 2.09. The van der Waals surface area contributed by atoms with E-state index in [1.54, 1.807) is 12.3 Å². The highest BCUT2D eigenvalue weighted by Crippen LogP contribution is 2.20. The first-order valence-electron chi connectivity index (χ1n) is 5.06. The molecule has 0 aliphatic carbocycles. The van der Waals surface area contributed by atoms with Gasteiger partial charge in [0.25, 0.3) is 5.91 Å². The van der Waals surface area contributed by atoms with Crippen molar-refractivity contribution >= 4 is 38.3 Å². The van der Waals surface area contributed by atoms with Crippen LogP contribution in [0.1, 0.15) is 20.8 Å². The van der Waals surface area contributed by atoms with Crippen molar-refractivity contribution in [2.45, 2.75) is 13.8 Å². The third-order valence-corrected chi connectivity index (χ3v) is 3.98. The molecule has 0 aliphatic heterocycles. The number of thiazole rings is 1. The molecule has 1 aromatic carbocycles. The summed E-state index contributed by atoms with van der Waals surface area (Å²) in [4.78, 5) is 17.1. The summed E-state index contributed by atoms with van der Waals surface area (Å²) in [6.45, 7) is 3.91. The summed E-state index contributed by atoms with van der Waals surface area (Å²) in [5.41, 5.74) is 1.67. The molecule has 0 radical (unpaired) electrons. The quantitative estimate of drug-likeness (QED) is 0.917. The number of aromatic nitrogens is 1. The van der Waals surface area contributed by atoms with Crippen LogP contribution in [0, 0.1) is 13.8 Å². The van der Waals surface area contributed by atoms with Crippen molar-refractivity contribution < 1.29 is 4.79 Å². The number of aryl methyl sites for hydroxylation is 2. The van der Waals surface area contributed by atoms with Gasteiger partial charge in [0.1, 0.15) is 0 Å². The predicted octanol–water partition coefficient (Wildman–Crippen LogP) is 3.77. The summed E-state index contributed by atoms with van der Waals surface area (Å²) >= 11 is 4.87. The highest BCUT2D eigenvalue weighted by atomic mass is 79.9. The lowest BCUT2D eigenvalue weighted by atomic mass is 10.1. The van der Waals surface area contributed by atoms with Gasteiger partial charge in [0.2, 0.25) is 0 Å². The molecule has 1 amide bonds. The second-order valence-corrected chi connectivity index (χ2v) is 5.78. The maximum Gasteiger partial charge on any atom is 0.257 e. The third-order valence-electron chi connectivity index (χ3n) is 2.26. The molecule has 5 heteroatoms. The second-order valence-electron chi connectivity index (χ2n) is 3.69. The van der Waals surface area contributed by atoms with Gasteiger partial charge in [-0.1, -0.05) is 15.9 Å². The number of carbonyl (C=O) groups is 1.